The maximum Gasteiger partial charge on any atom is 0.147 e. The first-order valence-electron chi connectivity index (χ1n) is 8.02. The Morgan fingerprint density at radius 1 is 1.00 bits per heavy atom. The van der Waals surface area contributed by atoms with Crippen molar-refractivity contribution < 1.29 is 8.81 Å². The molecule has 0 bridgehead atoms. The van der Waals surface area contributed by atoms with Gasteiger partial charge in [0.2, 0.25) is 0 Å². The van der Waals surface area contributed by atoms with Crippen molar-refractivity contribution in [3.8, 4) is 11.3 Å². The standard InChI is InChI=1S/C21H18FNO/c1-21(2,3)13-10-11-23-17(12-13)14-8-9-16(22)19-15-6-4-5-7-18(15)24-20(14)19/h4-12H,1-3H3. The number of nitrogens with zero attached hydrogens (tertiary/aromatic N) is 1. The van der Waals surface area contributed by atoms with E-state index in [0.29, 0.717) is 16.6 Å². The summed E-state index contributed by atoms with van der Waals surface area (Å²) in [5, 5.41) is 1.31. The molecule has 4 aromatic rings. The van der Waals surface area contributed by atoms with Gasteiger partial charge in [0.1, 0.15) is 17.0 Å². The Morgan fingerprint density at radius 2 is 1.79 bits per heavy atom. The molecule has 0 radical (unpaired) electrons. The minimum Gasteiger partial charge on any atom is -0.455 e. The van der Waals surface area contributed by atoms with Crippen LogP contribution in [0.4, 0.5) is 4.39 Å². The minimum absolute atomic E-state index is 0.0186. The molecular weight excluding hydrogens is 301 g/mol. The van der Waals surface area contributed by atoms with Crippen molar-refractivity contribution >= 4 is 21.9 Å². The van der Waals surface area contributed by atoms with E-state index in [1.165, 1.54) is 11.6 Å². The van der Waals surface area contributed by atoms with Crippen molar-refractivity contribution in [2.45, 2.75) is 26.2 Å². The number of hydrogen-bond donors (Lipinski definition) is 0. The van der Waals surface area contributed by atoms with E-state index in [1.54, 1.807) is 12.3 Å². The fraction of sp³-hybridized carbons (Fsp3) is 0.190. The first-order valence-corrected chi connectivity index (χ1v) is 8.02. The molecule has 0 fully saturated rings. The summed E-state index contributed by atoms with van der Waals surface area (Å²) >= 11 is 0. The first-order chi connectivity index (χ1) is 11.4. The molecule has 120 valence electrons. The molecule has 2 heterocycles. The second-order valence-electron chi connectivity index (χ2n) is 7.08. The molecule has 2 nitrogen and oxygen atoms in total. The van der Waals surface area contributed by atoms with Crippen LogP contribution in [0.25, 0.3) is 33.2 Å². The van der Waals surface area contributed by atoms with Gasteiger partial charge in [-0.25, -0.2) is 4.39 Å². The lowest BCUT2D eigenvalue weighted by Crippen LogP contribution is -2.11. The van der Waals surface area contributed by atoms with Gasteiger partial charge in [-0.3, -0.25) is 4.98 Å². The zero-order valence-corrected chi connectivity index (χ0v) is 13.9. The highest BCUT2D eigenvalue weighted by molar-refractivity contribution is 6.09. The largest absolute Gasteiger partial charge is 0.455 e. The number of furan rings is 1. The third-order valence-corrected chi connectivity index (χ3v) is 4.38. The van der Waals surface area contributed by atoms with Crippen molar-refractivity contribution in [2.75, 3.05) is 0 Å². The van der Waals surface area contributed by atoms with Crippen LogP contribution in [0.1, 0.15) is 26.3 Å². The van der Waals surface area contributed by atoms with E-state index in [2.05, 4.69) is 31.8 Å². The van der Waals surface area contributed by atoms with E-state index in [0.717, 1.165) is 16.6 Å². The normalized spacial score (nSPS) is 12.2. The second kappa shape index (κ2) is 5.17. The fourth-order valence-corrected chi connectivity index (χ4v) is 3.03. The quantitative estimate of drug-likeness (QED) is 0.424. The Bertz CT molecular complexity index is 1060. The van der Waals surface area contributed by atoms with Gasteiger partial charge in [-0.15, -0.1) is 0 Å². The van der Waals surface area contributed by atoms with E-state index in [-0.39, 0.29) is 11.2 Å². The maximum absolute atomic E-state index is 14.4. The Labute approximate surface area is 139 Å². The first kappa shape index (κ1) is 14.9. The predicted octanol–water partition coefficient (Wildman–Crippen LogP) is 6.08. The number of aromatic nitrogens is 1. The summed E-state index contributed by atoms with van der Waals surface area (Å²) in [6.07, 6.45) is 1.80. The summed E-state index contributed by atoms with van der Waals surface area (Å²) in [7, 11) is 0. The molecule has 2 aromatic heterocycles. The number of fused-ring (bicyclic) bond motifs is 3. The molecule has 0 saturated carbocycles. The van der Waals surface area contributed by atoms with Crippen LogP contribution < -0.4 is 0 Å². The summed E-state index contributed by atoms with van der Waals surface area (Å²) < 4.78 is 20.4. The zero-order valence-electron chi connectivity index (χ0n) is 13.9. The molecule has 3 heteroatoms. The summed E-state index contributed by atoms with van der Waals surface area (Å²) in [5.41, 5.74) is 4.05. The van der Waals surface area contributed by atoms with Crippen LogP contribution in [0.2, 0.25) is 0 Å². The van der Waals surface area contributed by atoms with Gasteiger partial charge in [-0.1, -0.05) is 39.0 Å². The number of hydrogen-bond acceptors (Lipinski definition) is 2. The van der Waals surface area contributed by atoms with E-state index in [1.807, 2.05) is 30.3 Å². The Hall–Kier alpha value is -2.68. The molecular formula is C21H18FNO. The molecule has 0 atom stereocenters. The van der Waals surface area contributed by atoms with Crippen molar-refractivity contribution in [3.63, 3.8) is 0 Å². The molecule has 0 N–H and O–H groups in total. The Balaban J connectivity index is 2.03. The molecule has 0 saturated heterocycles. The predicted molar refractivity (Wildman–Crippen MR) is 95.6 cm³/mol. The summed E-state index contributed by atoms with van der Waals surface area (Å²) in [4.78, 5) is 4.49. The van der Waals surface area contributed by atoms with Gasteiger partial charge in [0.25, 0.3) is 0 Å². The highest BCUT2D eigenvalue weighted by Crippen LogP contribution is 2.37. The maximum atomic E-state index is 14.4. The average molecular weight is 319 g/mol. The monoisotopic (exact) mass is 319 g/mol. The third kappa shape index (κ3) is 2.28. The van der Waals surface area contributed by atoms with Crippen LogP contribution in [-0.2, 0) is 5.41 Å². The minimum atomic E-state index is -0.273. The molecule has 0 aliphatic carbocycles. The Kier molecular flexibility index (Phi) is 3.20. The molecule has 2 aromatic carbocycles. The SMILES string of the molecule is CC(C)(C)c1ccnc(-c2ccc(F)c3c2oc2ccccc23)c1. The lowest BCUT2D eigenvalue weighted by molar-refractivity contribution is 0.589. The third-order valence-electron chi connectivity index (χ3n) is 4.38. The fourth-order valence-electron chi connectivity index (χ4n) is 3.03. The summed E-state index contributed by atoms with van der Waals surface area (Å²) in [5.74, 6) is -0.273. The molecule has 0 amide bonds. The van der Waals surface area contributed by atoms with Gasteiger partial charge >= 0.3 is 0 Å². The number of para-hydroxylation sites is 1. The zero-order chi connectivity index (χ0) is 16.9. The van der Waals surface area contributed by atoms with E-state index in [4.69, 9.17) is 4.42 Å². The number of rotatable bonds is 1. The highest BCUT2D eigenvalue weighted by Gasteiger charge is 2.19. The molecule has 0 aliphatic heterocycles. The lowest BCUT2D eigenvalue weighted by Gasteiger charge is -2.19. The van der Waals surface area contributed by atoms with Gasteiger partial charge in [-0.05, 0) is 41.3 Å². The van der Waals surface area contributed by atoms with Crippen LogP contribution in [0, 0.1) is 5.82 Å². The highest BCUT2D eigenvalue weighted by atomic mass is 19.1. The number of pyridine rings is 1. The molecule has 4 rings (SSSR count). The van der Waals surface area contributed by atoms with Crippen molar-refractivity contribution in [3.05, 3.63) is 66.1 Å². The van der Waals surface area contributed by atoms with E-state index < -0.39 is 0 Å². The topological polar surface area (TPSA) is 26.0 Å². The average Bonchev–Trinajstić information content (AvgIpc) is 2.95. The van der Waals surface area contributed by atoms with Crippen LogP contribution in [-0.4, -0.2) is 4.98 Å². The van der Waals surface area contributed by atoms with Crippen LogP contribution in [0.5, 0.6) is 0 Å². The van der Waals surface area contributed by atoms with Gasteiger partial charge in [-0.2, -0.15) is 0 Å². The van der Waals surface area contributed by atoms with Gasteiger partial charge in [0.15, 0.2) is 0 Å². The van der Waals surface area contributed by atoms with Crippen molar-refractivity contribution in [1.29, 1.82) is 0 Å². The van der Waals surface area contributed by atoms with Gasteiger partial charge < -0.3 is 4.42 Å². The summed E-state index contributed by atoms with van der Waals surface area (Å²) in [6, 6.07) is 14.8. The van der Waals surface area contributed by atoms with Gasteiger partial charge in [0.05, 0.1) is 11.1 Å². The summed E-state index contributed by atoms with van der Waals surface area (Å²) in [6.45, 7) is 6.48. The number of benzene rings is 2. The smallest absolute Gasteiger partial charge is 0.147 e. The molecule has 0 unspecified atom stereocenters. The van der Waals surface area contributed by atoms with E-state index >= 15 is 0 Å². The van der Waals surface area contributed by atoms with Crippen LogP contribution in [0.3, 0.4) is 0 Å². The van der Waals surface area contributed by atoms with E-state index in [9.17, 15) is 4.39 Å². The van der Waals surface area contributed by atoms with Gasteiger partial charge in [0, 0.05) is 17.1 Å². The molecule has 0 spiro atoms. The van der Waals surface area contributed by atoms with Crippen molar-refractivity contribution in [2.24, 2.45) is 0 Å². The van der Waals surface area contributed by atoms with Crippen LogP contribution in [0.15, 0.2) is 59.1 Å². The Morgan fingerprint density at radius 3 is 2.58 bits per heavy atom. The molecule has 0 aliphatic rings. The van der Waals surface area contributed by atoms with Crippen molar-refractivity contribution in [1.82, 2.24) is 4.98 Å². The number of halogens is 1. The molecule has 24 heavy (non-hydrogen) atoms. The van der Waals surface area contributed by atoms with Crippen LogP contribution >= 0.6 is 0 Å². The lowest BCUT2D eigenvalue weighted by atomic mass is 9.87. The second-order valence-corrected chi connectivity index (χ2v) is 7.08.